The van der Waals surface area contributed by atoms with Crippen LogP contribution in [0.3, 0.4) is 0 Å². The maximum Gasteiger partial charge on any atom is 0.257 e. The van der Waals surface area contributed by atoms with Gasteiger partial charge in [0.1, 0.15) is 0 Å². The predicted octanol–water partition coefficient (Wildman–Crippen LogP) is 3.51. The highest BCUT2D eigenvalue weighted by molar-refractivity contribution is 9.10. The first-order chi connectivity index (χ1) is 9.99. The minimum Gasteiger partial charge on any atom is -0.378 e. The number of carbonyl (C=O) groups is 1. The van der Waals surface area contributed by atoms with Crippen LogP contribution in [-0.2, 0) is 4.79 Å². The van der Waals surface area contributed by atoms with Crippen LogP contribution in [0.15, 0.2) is 40.9 Å². The zero-order valence-corrected chi connectivity index (χ0v) is 13.3. The summed E-state index contributed by atoms with van der Waals surface area (Å²) in [5, 5.41) is 12.5. The minimum atomic E-state index is -1.09. The van der Waals surface area contributed by atoms with Gasteiger partial charge < -0.3 is 15.3 Å². The molecule has 0 aromatic heterocycles. The van der Waals surface area contributed by atoms with Crippen molar-refractivity contribution in [3.05, 3.63) is 52.0 Å². The lowest BCUT2D eigenvalue weighted by Gasteiger charge is -2.23. The van der Waals surface area contributed by atoms with E-state index in [1.807, 2.05) is 31.3 Å². The highest BCUT2D eigenvalue weighted by Gasteiger charge is 2.30. The number of aliphatic hydroxyl groups is 1. The third-order valence-electron chi connectivity index (χ3n) is 3.76. The van der Waals surface area contributed by atoms with E-state index in [2.05, 4.69) is 39.1 Å². The van der Waals surface area contributed by atoms with Crippen LogP contribution in [0.25, 0.3) is 0 Å². The Hall–Kier alpha value is -1.85. The standard InChI is InChI=1S/C16H15BrN2O2/c1-9-5-3-4-6-13(9)19(2)14-8-12-10(7-11(14)17)15(20)16(21)18-12/h3-8,15,20H,1-2H3,(H,18,21). The molecule has 1 unspecified atom stereocenters. The number of hydrogen-bond acceptors (Lipinski definition) is 3. The molecule has 1 amide bonds. The van der Waals surface area contributed by atoms with E-state index in [-0.39, 0.29) is 5.91 Å². The molecule has 0 aliphatic carbocycles. The highest BCUT2D eigenvalue weighted by Crippen LogP contribution is 2.40. The molecule has 1 aliphatic heterocycles. The number of aliphatic hydroxyl groups excluding tert-OH is 1. The number of benzene rings is 2. The zero-order chi connectivity index (χ0) is 15.1. The van der Waals surface area contributed by atoms with Crippen molar-refractivity contribution in [2.75, 3.05) is 17.3 Å². The van der Waals surface area contributed by atoms with Gasteiger partial charge in [-0.3, -0.25) is 4.79 Å². The monoisotopic (exact) mass is 346 g/mol. The van der Waals surface area contributed by atoms with Crippen molar-refractivity contribution < 1.29 is 9.90 Å². The zero-order valence-electron chi connectivity index (χ0n) is 11.7. The first kappa shape index (κ1) is 14.1. The third-order valence-corrected chi connectivity index (χ3v) is 4.39. The number of nitrogens with zero attached hydrogens (tertiary/aromatic N) is 1. The summed E-state index contributed by atoms with van der Waals surface area (Å²) in [5.74, 6) is -0.382. The molecule has 0 spiro atoms. The van der Waals surface area contributed by atoms with Gasteiger partial charge >= 0.3 is 0 Å². The van der Waals surface area contributed by atoms with Crippen molar-refractivity contribution in [1.29, 1.82) is 0 Å². The first-order valence-corrected chi connectivity index (χ1v) is 7.40. The van der Waals surface area contributed by atoms with Crippen molar-refractivity contribution in [1.82, 2.24) is 0 Å². The molecule has 0 saturated heterocycles. The van der Waals surface area contributed by atoms with Gasteiger partial charge in [0, 0.05) is 28.5 Å². The third kappa shape index (κ3) is 2.32. The van der Waals surface area contributed by atoms with Gasteiger partial charge in [-0.15, -0.1) is 0 Å². The van der Waals surface area contributed by atoms with Crippen LogP contribution in [0.2, 0.25) is 0 Å². The van der Waals surface area contributed by atoms with Crippen molar-refractivity contribution >= 4 is 38.9 Å². The van der Waals surface area contributed by atoms with E-state index >= 15 is 0 Å². The van der Waals surface area contributed by atoms with Crippen molar-refractivity contribution in [3.63, 3.8) is 0 Å². The second-order valence-electron chi connectivity index (χ2n) is 5.13. The molecule has 0 saturated carbocycles. The average Bonchev–Trinajstić information content (AvgIpc) is 2.73. The fourth-order valence-electron chi connectivity index (χ4n) is 2.58. The molecule has 3 rings (SSSR count). The lowest BCUT2D eigenvalue weighted by atomic mass is 10.1. The smallest absolute Gasteiger partial charge is 0.257 e. The number of aryl methyl sites for hydroxylation is 1. The predicted molar refractivity (Wildman–Crippen MR) is 87.0 cm³/mol. The van der Waals surface area contributed by atoms with E-state index in [4.69, 9.17) is 0 Å². The number of rotatable bonds is 2. The summed E-state index contributed by atoms with van der Waals surface area (Å²) in [5.41, 5.74) is 4.44. The van der Waals surface area contributed by atoms with E-state index in [9.17, 15) is 9.90 Å². The lowest BCUT2D eigenvalue weighted by molar-refractivity contribution is -0.123. The van der Waals surface area contributed by atoms with E-state index in [0.717, 1.165) is 21.4 Å². The van der Waals surface area contributed by atoms with E-state index in [0.29, 0.717) is 11.3 Å². The molecule has 108 valence electrons. The lowest BCUT2D eigenvalue weighted by Crippen LogP contribution is -2.12. The Morgan fingerprint density at radius 3 is 2.67 bits per heavy atom. The summed E-state index contributed by atoms with van der Waals surface area (Å²) in [6.45, 7) is 2.05. The summed E-state index contributed by atoms with van der Waals surface area (Å²) >= 11 is 3.53. The molecule has 5 heteroatoms. The molecule has 1 heterocycles. The number of anilines is 3. The van der Waals surface area contributed by atoms with Gasteiger partial charge in [-0.2, -0.15) is 0 Å². The Kier molecular flexibility index (Phi) is 3.47. The number of nitrogens with one attached hydrogen (secondary N) is 1. The molecular weight excluding hydrogens is 332 g/mol. The molecule has 2 N–H and O–H groups in total. The second-order valence-corrected chi connectivity index (χ2v) is 5.98. The van der Waals surface area contributed by atoms with Crippen LogP contribution < -0.4 is 10.2 Å². The number of carbonyl (C=O) groups excluding carboxylic acids is 1. The molecule has 0 fully saturated rings. The van der Waals surface area contributed by atoms with E-state index < -0.39 is 6.10 Å². The summed E-state index contributed by atoms with van der Waals surface area (Å²) in [6.07, 6.45) is -1.09. The normalized spacial score (nSPS) is 16.6. The molecule has 21 heavy (non-hydrogen) atoms. The minimum absolute atomic E-state index is 0.382. The van der Waals surface area contributed by atoms with Gasteiger partial charge in [-0.25, -0.2) is 0 Å². The number of para-hydroxylation sites is 1. The number of amides is 1. The van der Waals surface area contributed by atoms with Crippen molar-refractivity contribution in [2.24, 2.45) is 0 Å². The molecule has 0 radical (unpaired) electrons. The Labute approximate surface area is 131 Å². The molecular formula is C16H15BrN2O2. The van der Waals surface area contributed by atoms with Crippen LogP contribution >= 0.6 is 15.9 Å². The van der Waals surface area contributed by atoms with Gasteiger partial charge in [-0.05, 0) is 46.6 Å². The first-order valence-electron chi connectivity index (χ1n) is 6.61. The Balaban J connectivity index is 2.07. The topological polar surface area (TPSA) is 52.6 Å². The van der Waals surface area contributed by atoms with Gasteiger partial charge in [0.25, 0.3) is 5.91 Å². The molecule has 2 aromatic rings. The molecule has 0 bridgehead atoms. The fraction of sp³-hybridized carbons (Fsp3) is 0.188. The van der Waals surface area contributed by atoms with Crippen molar-refractivity contribution in [2.45, 2.75) is 13.0 Å². The summed E-state index contributed by atoms with van der Waals surface area (Å²) in [6, 6.07) is 11.8. The summed E-state index contributed by atoms with van der Waals surface area (Å²) in [4.78, 5) is 13.6. The van der Waals surface area contributed by atoms with Crippen molar-refractivity contribution in [3.8, 4) is 0 Å². The summed E-state index contributed by atoms with van der Waals surface area (Å²) in [7, 11) is 1.97. The maximum atomic E-state index is 11.6. The average molecular weight is 347 g/mol. The van der Waals surface area contributed by atoms with Crippen LogP contribution in [0.4, 0.5) is 17.1 Å². The van der Waals surface area contributed by atoms with Gasteiger partial charge in [-0.1, -0.05) is 18.2 Å². The van der Waals surface area contributed by atoms with Crippen LogP contribution in [0.1, 0.15) is 17.2 Å². The number of fused-ring (bicyclic) bond motifs is 1. The highest BCUT2D eigenvalue weighted by atomic mass is 79.9. The molecule has 2 aromatic carbocycles. The summed E-state index contributed by atoms with van der Waals surface area (Å²) < 4.78 is 0.836. The van der Waals surface area contributed by atoms with E-state index in [1.165, 1.54) is 0 Å². The largest absolute Gasteiger partial charge is 0.378 e. The van der Waals surface area contributed by atoms with Crippen LogP contribution in [-0.4, -0.2) is 18.1 Å². The molecule has 4 nitrogen and oxygen atoms in total. The Bertz CT molecular complexity index is 730. The maximum absolute atomic E-state index is 11.6. The van der Waals surface area contributed by atoms with Crippen LogP contribution in [0, 0.1) is 6.92 Å². The Morgan fingerprint density at radius 1 is 1.24 bits per heavy atom. The van der Waals surface area contributed by atoms with E-state index in [1.54, 1.807) is 6.07 Å². The van der Waals surface area contributed by atoms with Gasteiger partial charge in [0.15, 0.2) is 6.10 Å². The number of halogens is 1. The van der Waals surface area contributed by atoms with Gasteiger partial charge in [0.05, 0.1) is 5.69 Å². The Morgan fingerprint density at radius 2 is 1.95 bits per heavy atom. The molecule has 1 atom stereocenters. The quantitative estimate of drug-likeness (QED) is 0.874. The SMILES string of the molecule is Cc1ccccc1N(C)c1cc2c(cc1Br)C(O)C(=O)N2. The van der Waals surface area contributed by atoms with Gasteiger partial charge in [0.2, 0.25) is 0 Å². The molecule has 1 aliphatic rings. The fourth-order valence-corrected chi connectivity index (χ4v) is 3.21. The number of hydrogen-bond donors (Lipinski definition) is 2. The second kappa shape index (κ2) is 5.16. The van der Waals surface area contributed by atoms with Crippen LogP contribution in [0.5, 0.6) is 0 Å².